The van der Waals surface area contributed by atoms with Gasteiger partial charge >= 0.3 is 0 Å². The smallest absolute Gasteiger partial charge is 0.0558 e. The van der Waals surface area contributed by atoms with E-state index in [0.29, 0.717) is 12.1 Å². The third-order valence-electron chi connectivity index (χ3n) is 3.92. The number of hydrogen-bond acceptors (Lipinski definition) is 3. The lowest BCUT2D eigenvalue weighted by atomic mass is 9.98. The first-order valence-electron chi connectivity index (χ1n) is 7.51. The minimum Gasteiger partial charge on any atom is -0.364 e. The minimum atomic E-state index is 0.590. The van der Waals surface area contributed by atoms with Crippen LogP contribution < -0.4 is 10.2 Å². The van der Waals surface area contributed by atoms with E-state index in [0.717, 1.165) is 19.0 Å². The van der Waals surface area contributed by atoms with Crippen molar-refractivity contribution in [1.82, 2.24) is 10.3 Å². The Bertz CT molecular complexity index is 403. The molecule has 0 aliphatic carbocycles. The van der Waals surface area contributed by atoms with E-state index in [4.69, 9.17) is 0 Å². The molecule has 3 heteroatoms. The first kappa shape index (κ1) is 14.3. The monoisotopic (exact) mass is 261 g/mol. The molecule has 2 heterocycles. The van der Waals surface area contributed by atoms with E-state index in [1.165, 1.54) is 24.1 Å². The SMILES string of the molecule is CCC1CNC(CC(C)C)CN1c1cncc(C)c1. The van der Waals surface area contributed by atoms with Crippen LogP contribution in [0.5, 0.6) is 0 Å². The molecule has 0 saturated carbocycles. The predicted molar refractivity (Wildman–Crippen MR) is 81.6 cm³/mol. The summed E-state index contributed by atoms with van der Waals surface area (Å²) in [7, 11) is 0. The molecule has 1 saturated heterocycles. The number of rotatable bonds is 4. The molecule has 1 aromatic heterocycles. The Balaban J connectivity index is 2.13. The standard InChI is InChI=1S/C16H27N3/c1-5-15-10-18-14(6-12(2)3)11-19(15)16-7-13(4)8-17-9-16/h7-9,12,14-15,18H,5-6,10-11H2,1-4H3. The number of nitrogens with one attached hydrogen (secondary N) is 1. The fourth-order valence-corrected chi connectivity index (χ4v) is 2.97. The number of pyridine rings is 1. The fourth-order valence-electron chi connectivity index (χ4n) is 2.97. The zero-order valence-electron chi connectivity index (χ0n) is 12.7. The van der Waals surface area contributed by atoms with E-state index in [1.807, 2.05) is 12.4 Å². The molecule has 2 unspecified atom stereocenters. The summed E-state index contributed by atoms with van der Waals surface area (Å²) in [5.41, 5.74) is 2.52. The summed E-state index contributed by atoms with van der Waals surface area (Å²) in [4.78, 5) is 6.90. The molecule has 0 amide bonds. The Hall–Kier alpha value is -1.09. The molecule has 1 aromatic rings. The van der Waals surface area contributed by atoms with Crippen LogP contribution in [0.4, 0.5) is 5.69 Å². The average molecular weight is 261 g/mol. The van der Waals surface area contributed by atoms with Crippen LogP contribution in [-0.2, 0) is 0 Å². The Morgan fingerprint density at radius 3 is 2.84 bits per heavy atom. The average Bonchev–Trinajstić information content (AvgIpc) is 2.38. The number of piperazine rings is 1. The van der Waals surface area contributed by atoms with Gasteiger partial charge < -0.3 is 10.2 Å². The maximum absolute atomic E-state index is 4.35. The zero-order chi connectivity index (χ0) is 13.8. The van der Waals surface area contributed by atoms with Gasteiger partial charge in [0.1, 0.15) is 0 Å². The van der Waals surface area contributed by atoms with Crippen LogP contribution >= 0.6 is 0 Å². The van der Waals surface area contributed by atoms with Crippen LogP contribution in [0.3, 0.4) is 0 Å². The summed E-state index contributed by atoms with van der Waals surface area (Å²) in [6.07, 6.45) is 6.35. The van der Waals surface area contributed by atoms with Crippen LogP contribution in [0.15, 0.2) is 18.5 Å². The molecule has 0 bridgehead atoms. The molecule has 1 fully saturated rings. The second-order valence-electron chi connectivity index (χ2n) is 6.17. The highest BCUT2D eigenvalue weighted by molar-refractivity contribution is 5.48. The maximum atomic E-state index is 4.35. The van der Waals surface area contributed by atoms with Gasteiger partial charge in [-0.3, -0.25) is 4.98 Å². The van der Waals surface area contributed by atoms with Crippen LogP contribution in [0.1, 0.15) is 39.2 Å². The van der Waals surface area contributed by atoms with Crippen molar-refractivity contribution in [2.24, 2.45) is 5.92 Å². The second kappa shape index (κ2) is 6.38. The Morgan fingerprint density at radius 1 is 1.42 bits per heavy atom. The van der Waals surface area contributed by atoms with Crippen molar-refractivity contribution >= 4 is 5.69 Å². The van der Waals surface area contributed by atoms with Crippen LogP contribution in [-0.4, -0.2) is 30.2 Å². The molecule has 106 valence electrons. The van der Waals surface area contributed by atoms with Crippen molar-refractivity contribution in [3.8, 4) is 0 Å². The van der Waals surface area contributed by atoms with Crippen molar-refractivity contribution in [2.75, 3.05) is 18.0 Å². The van der Waals surface area contributed by atoms with Gasteiger partial charge in [-0.1, -0.05) is 20.8 Å². The molecule has 19 heavy (non-hydrogen) atoms. The summed E-state index contributed by atoms with van der Waals surface area (Å²) in [5, 5.41) is 3.70. The van der Waals surface area contributed by atoms with E-state index in [2.05, 4.69) is 49.0 Å². The lowest BCUT2D eigenvalue weighted by molar-refractivity contribution is 0.343. The number of aromatic nitrogens is 1. The lowest BCUT2D eigenvalue weighted by Crippen LogP contribution is -2.56. The van der Waals surface area contributed by atoms with Gasteiger partial charge in [-0.15, -0.1) is 0 Å². The van der Waals surface area contributed by atoms with E-state index in [9.17, 15) is 0 Å². The van der Waals surface area contributed by atoms with Crippen LogP contribution in [0.2, 0.25) is 0 Å². The molecule has 3 nitrogen and oxygen atoms in total. The summed E-state index contributed by atoms with van der Waals surface area (Å²) in [6, 6.07) is 3.45. The summed E-state index contributed by atoms with van der Waals surface area (Å²) in [5.74, 6) is 0.744. The first-order chi connectivity index (χ1) is 9.10. The van der Waals surface area contributed by atoms with Gasteiger partial charge in [-0.05, 0) is 37.3 Å². The molecule has 1 N–H and O–H groups in total. The normalized spacial score (nSPS) is 23.9. The molecular formula is C16H27N3. The third-order valence-corrected chi connectivity index (χ3v) is 3.92. The van der Waals surface area contributed by atoms with Crippen molar-refractivity contribution in [2.45, 2.75) is 52.6 Å². The molecule has 0 spiro atoms. The largest absolute Gasteiger partial charge is 0.364 e. The summed E-state index contributed by atoms with van der Waals surface area (Å²) >= 11 is 0. The molecule has 1 aliphatic heterocycles. The van der Waals surface area contributed by atoms with E-state index in [-0.39, 0.29) is 0 Å². The topological polar surface area (TPSA) is 28.2 Å². The number of hydrogen-bond donors (Lipinski definition) is 1. The van der Waals surface area contributed by atoms with E-state index >= 15 is 0 Å². The van der Waals surface area contributed by atoms with Gasteiger partial charge in [0.15, 0.2) is 0 Å². The highest BCUT2D eigenvalue weighted by atomic mass is 15.2. The number of anilines is 1. The quantitative estimate of drug-likeness (QED) is 0.903. The van der Waals surface area contributed by atoms with Crippen molar-refractivity contribution in [3.63, 3.8) is 0 Å². The zero-order valence-corrected chi connectivity index (χ0v) is 12.7. The van der Waals surface area contributed by atoms with E-state index in [1.54, 1.807) is 0 Å². The highest BCUT2D eigenvalue weighted by Crippen LogP contribution is 2.23. The Kier molecular flexibility index (Phi) is 4.81. The second-order valence-corrected chi connectivity index (χ2v) is 6.17. The highest BCUT2D eigenvalue weighted by Gasteiger charge is 2.27. The Morgan fingerprint density at radius 2 is 2.21 bits per heavy atom. The molecule has 2 rings (SSSR count). The van der Waals surface area contributed by atoms with Crippen molar-refractivity contribution < 1.29 is 0 Å². The third kappa shape index (κ3) is 3.69. The van der Waals surface area contributed by atoms with Gasteiger partial charge in [-0.25, -0.2) is 0 Å². The van der Waals surface area contributed by atoms with Crippen LogP contribution in [0, 0.1) is 12.8 Å². The fraction of sp³-hybridized carbons (Fsp3) is 0.688. The van der Waals surface area contributed by atoms with Gasteiger partial charge in [0.05, 0.1) is 11.9 Å². The number of nitrogens with zero attached hydrogens (tertiary/aromatic N) is 2. The molecule has 1 aliphatic rings. The van der Waals surface area contributed by atoms with Gasteiger partial charge in [-0.2, -0.15) is 0 Å². The summed E-state index contributed by atoms with van der Waals surface area (Å²) in [6.45, 7) is 11.2. The Labute approximate surface area is 117 Å². The maximum Gasteiger partial charge on any atom is 0.0558 e. The molecular weight excluding hydrogens is 234 g/mol. The summed E-state index contributed by atoms with van der Waals surface area (Å²) < 4.78 is 0. The minimum absolute atomic E-state index is 0.590. The van der Waals surface area contributed by atoms with Crippen molar-refractivity contribution in [1.29, 1.82) is 0 Å². The first-order valence-corrected chi connectivity index (χ1v) is 7.51. The van der Waals surface area contributed by atoms with Gasteiger partial charge in [0, 0.05) is 31.4 Å². The molecule has 0 aromatic carbocycles. The van der Waals surface area contributed by atoms with Gasteiger partial charge in [0.2, 0.25) is 0 Å². The van der Waals surface area contributed by atoms with Crippen LogP contribution in [0.25, 0.3) is 0 Å². The predicted octanol–water partition coefficient (Wildman–Crippen LogP) is 2.99. The van der Waals surface area contributed by atoms with Crippen molar-refractivity contribution in [3.05, 3.63) is 24.0 Å². The number of aryl methyl sites for hydroxylation is 1. The van der Waals surface area contributed by atoms with E-state index < -0.39 is 0 Å². The lowest BCUT2D eigenvalue weighted by Gasteiger charge is -2.42. The molecule has 0 radical (unpaired) electrons. The molecule has 2 atom stereocenters. The van der Waals surface area contributed by atoms with Gasteiger partial charge in [0.25, 0.3) is 0 Å².